The summed E-state index contributed by atoms with van der Waals surface area (Å²) in [6.45, 7) is 1.48. The zero-order chi connectivity index (χ0) is 12.6. The maximum absolute atomic E-state index is 10.8. The number of rotatable bonds is 7. The first-order valence-corrected chi connectivity index (χ1v) is 6.22. The van der Waals surface area contributed by atoms with Crippen LogP contribution in [0.2, 0.25) is 0 Å². The highest BCUT2D eigenvalue weighted by molar-refractivity contribution is 7.96. The lowest BCUT2D eigenvalue weighted by Crippen LogP contribution is -2.23. The quantitative estimate of drug-likeness (QED) is 0.548. The van der Waals surface area contributed by atoms with Gasteiger partial charge in [-0.2, -0.15) is 0 Å². The van der Waals surface area contributed by atoms with Crippen LogP contribution >= 0.6 is 25.3 Å². The molecule has 0 saturated carbocycles. The predicted molar refractivity (Wildman–Crippen MR) is 72.5 cm³/mol. The minimum absolute atomic E-state index is 0.194. The maximum Gasteiger partial charge on any atom is 0.278 e. The fourth-order valence-corrected chi connectivity index (χ4v) is 1.44. The normalized spacial score (nSPS) is 10.0. The van der Waals surface area contributed by atoms with Crippen LogP contribution in [0.25, 0.3) is 0 Å². The summed E-state index contributed by atoms with van der Waals surface area (Å²) in [6, 6.07) is 0. The van der Waals surface area contributed by atoms with E-state index < -0.39 is 0 Å². The summed E-state index contributed by atoms with van der Waals surface area (Å²) >= 11 is 7.44. The zero-order valence-electron chi connectivity index (χ0n) is 9.85. The standard InChI is InChI=1S/C10H20N2O2S2/c1-11(9(13)15)7-5-3-4-6-8-12(2)10(14)16/h3-8H2,1-2H3,(H,13,15)(H,14,16). The Morgan fingerprint density at radius 1 is 0.812 bits per heavy atom. The average Bonchev–Trinajstić information content (AvgIpc) is 2.21. The average molecular weight is 264 g/mol. The lowest BCUT2D eigenvalue weighted by Gasteiger charge is -2.15. The van der Waals surface area contributed by atoms with E-state index in [1.165, 1.54) is 0 Å². The highest BCUT2D eigenvalue weighted by atomic mass is 32.1. The number of nitrogens with zero attached hydrogens (tertiary/aromatic N) is 2. The first-order valence-electron chi connectivity index (χ1n) is 5.33. The molecule has 0 atom stereocenters. The van der Waals surface area contributed by atoms with Crippen LogP contribution in [-0.2, 0) is 0 Å². The fourth-order valence-electron chi connectivity index (χ4n) is 1.24. The molecule has 0 aliphatic rings. The minimum Gasteiger partial charge on any atom is -0.337 e. The molecule has 0 aromatic rings. The van der Waals surface area contributed by atoms with E-state index in [-0.39, 0.29) is 10.5 Å². The Morgan fingerprint density at radius 3 is 1.38 bits per heavy atom. The summed E-state index contributed by atoms with van der Waals surface area (Å²) in [6.07, 6.45) is 4.06. The van der Waals surface area contributed by atoms with Crippen molar-refractivity contribution in [3.8, 4) is 0 Å². The number of thiol groups is 2. The summed E-state index contributed by atoms with van der Waals surface area (Å²) < 4.78 is 0. The SMILES string of the molecule is CN(CCCCCCN(C)C(=O)S)C(=O)S. The number of carbonyl (C=O) groups excluding carboxylic acids is 2. The molecule has 0 bridgehead atoms. The van der Waals surface area contributed by atoms with E-state index in [0.29, 0.717) is 0 Å². The molecule has 0 aromatic heterocycles. The van der Waals surface area contributed by atoms with Crippen molar-refractivity contribution < 1.29 is 9.59 Å². The van der Waals surface area contributed by atoms with Crippen LogP contribution in [0.4, 0.5) is 9.59 Å². The number of unbranched alkanes of at least 4 members (excludes halogenated alkanes) is 3. The highest BCUT2D eigenvalue weighted by Gasteiger charge is 2.03. The highest BCUT2D eigenvalue weighted by Crippen LogP contribution is 2.04. The molecule has 0 unspecified atom stereocenters. The second kappa shape index (κ2) is 8.75. The number of hydrogen-bond donors (Lipinski definition) is 2. The van der Waals surface area contributed by atoms with Crippen LogP contribution in [-0.4, -0.2) is 47.5 Å². The summed E-state index contributed by atoms with van der Waals surface area (Å²) in [5.74, 6) is 0. The van der Waals surface area contributed by atoms with Gasteiger partial charge in [0.05, 0.1) is 0 Å². The van der Waals surface area contributed by atoms with Gasteiger partial charge in [-0.3, -0.25) is 9.59 Å². The second-order valence-electron chi connectivity index (χ2n) is 3.82. The predicted octanol–water partition coefficient (Wildman–Crippen LogP) is 2.51. The summed E-state index contributed by atoms with van der Waals surface area (Å²) in [4.78, 5) is 24.7. The Labute approximate surface area is 108 Å². The fraction of sp³-hybridized carbons (Fsp3) is 0.800. The van der Waals surface area contributed by atoms with Gasteiger partial charge in [-0.1, -0.05) is 38.1 Å². The first kappa shape index (κ1) is 15.6. The van der Waals surface area contributed by atoms with Gasteiger partial charge in [-0.05, 0) is 12.8 Å². The lowest BCUT2D eigenvalue weighted by atomic mass is 10.2. The molecule has 6 heteroatoms. The monoisotopic (exact) mass is 264 g/mol. The van der Waals surface area contributed by atoms with Crippen molar-refractivity contribution in [3.05, 3.63) is 0 Å². The Hall–Kier alpha value is -0.360. The second-order valence-corrected chi connectivity index (χ2v) is 4.59. The molecule has 0 rings (SSSR count). The van der Waals surface area contributed by atoms with Crippen molar-refractivity contribution in [2.45, 2.75) is 25.7 Å². The van der Waals surface area contributed by atoms with Gasteiger partial charge in [-0.25, -0.2) is 0 Å². The van der Waals surface area contributed by atoms with Gasteiger partial charge in [0.2, 0.25) is 0 Å². The van der Waals surface area contributed by atoms with E-state index in [4.69, 9.17) is 0 Å². The van der Waals surface area contributed by atoms with Crippen LogP contribution in [0.3, 0.4) is 0 Å². The van der Waals surface area contributed by atoms with Gasteiger partial charge in [0.15, 0.2) is 0 Å². The molecule has 0 aliphatic heterocycles. The van der Waals surface area contributed by atoms with Crippen molar-refractivity contribution in [1.82, 2.24) is 9.80 Å². The summed E-state index contributed by atoms with van der Waals surface area (Å²) in [5.41, 5.74) is 0. The molecule has 0 radical (unpaired) electrons. The van der Waals surface area contributed by atoms with Gasteiger partial charge in [0.25, 0.3) is 10.5 Å². The molecule has 94 valence electrons. The Kier molecular flexibility index (Phi) is 8.56. The number of hydrogen-bond acceptors (Lipinski definition) is 2. The largest absolute Gasteiger partial charge is 0.337 e. The molecular weight excluding hydrogens is 244 g/mol. The molecule has 0 saturated heterocycles. The number of carbonyl (C=O) groups is 2. The molecular formula is C10H20N2O2S2. The molecule has 16 heavy (non-hydrogen) atoms. The molecule has 4 nitrogen and oxygen atoms in total. The third-order valence-corrected chi connectivity index (χ3v) is 3.07. The summed E-state index contributed by atoms with van der Waals surface area (Å²) in [7, 11) is 3.48. The van der Waals surface area contributed by atoms with Crippen molar-refractivity contribution in [2.24, 2.45) is 0 Å². The Bertz CT molecular complexity index is 213. The third-order valence-electron chi connectivity index (χ3n) is 2.39. The number of amides is 2. The smallest absolute Gasteiger partial charge is 0.278 e. The van der Waals surface area contributed by atoms with Crippen LogP contribution < -0.4 is 0 Å². The Balaban J connectivity index is 3.34. The van der Waals surface area contributed by atoms with Crippen molar-refractivity contribution >= 4 is 35.7 Å². The van der Waals surface area contributed by atoms with E-state index >= 15 is 0 Å². The van der Waals surface area contributed by atoms with Crippen LogP contribution in [0, 0.1) is 0 Å². The molecule has 0 heterocycles. The van der Waals surface area contributed by atoms with E-state index in [1.807, 2.05) is 0 Å². The van der Waals surface area contributed by atoms with Gasteiger partial charge >= 0.3 is 0 Å². The van der Waals surface area contributed by atoms with Gasteiger partial charge in [0, 0.05) is 27.2 Å². The van der Waals surface area contributed by atoms with E-state index in [9.17, 15) is 9.59 Å². The van der Waals surface area contributed by atoms with Crippen molar-refractivity contribution in [3.63, 3.8) is 0 Å². The van der Waals surface area contributed by atoms with Crippen LogP contribution in [0.1, 0.15) is 25.7 Å². The minimum atomic E-state index is -0.194. The van der Waals surface area contributed by atoms with Crippen LogP contribution in [0.5, 0.6) is 0 Å². The molecule has 0 fully saturated rings. The van der Waals surface area contributed by atoms with E-state index in [1.54, 1.807) is 23.9 Å². The molecule has 0 aromatic carbocycles. The van der Waals surface area contributed by atoms with Gasteiger partial charge in [0.1, 0.15) is 0 Å². The molecule has 0 N–H and O–H groups in total. The Morgan fingerprint density at radius 2 is 1.12 bits per heavy atom. The van der Waals surface area contributed by atoms with E-state index in [2.05, 4.69) is 25.3 Å². The molecule has 0 spiro atoms. The maximum atomic E-state index is 10.8. The molecule has 2 amide bonds. The zero-order valence-corrected chi connectivity index (χ0v) is 11.6. The van der Waals surface area contributed by atoms with Crippen molar-refractivity contribution in [2.75, 3.05) is 27.2 Å². The van der Waals surface area contributed by atoms with Gasteiger partial charge < -0.3 is 9.80 Å². The summed E-state index contributed by atoms with van der Waals surface area (Å²) in [5, 5.41) is -0.388. The first-order chi connectivity index (χ1) is 7.45. The molecule has 0 aliphatic carbocycles. The lowest BCUT2D eigenvalue weighted by molar-refractivity contribution is 0.230. The van der Waals surface area contributed by atoms with E-state index in [0.717, 1.165) is 38.8 Å². The van der Waals surface area contributed by atoms with Crippen molar-refractivity contribution in [1.29, 1.82) is 0 Å². The topological polar surface area (TPSA) is 40.6 Å². The third kappa shape index (κ3) is 7.87. The van der Waals surface area contributed by atoms with Crippen LogP contribution in [0.15, 0.2) is 0 Å². The van der Waals surface area contributed by atoms with Gasteiger partial charge in [-0.15, -0.1) is 0 Å².